The Bertz CT molecular complexity index is 1070. The van der Waals surface area contributed by atoms with Crippen molar-refractivity contribution in [3.8, 4) is 5.75 Å². The molecule has 1 aromatic carbocycles. The van der Waals surface area contributed by atoms with Crippen molar-refractivity contribution in [2.45, 2.75) is 70.3 Å². The molecule has 38 heavy (non-hydrogen) atoms. The number of carbonyl (C=O) groups excluding carboxylic acids is 3. The molecule has 0 radical (unpaired) electrons. The number of carboxylic acid groups (broad SMARTS) is 1. The van der Waals surface area contributed by atoms with Gasteiger partial charge in [0, 0.05) is 24.7 Å². The molecule has 5 unspecified atom stereocenters. The Morgan fingerprint density at radius 1 is 0.947 bits per heavy atom. The first-order chi connectivity index (χ1) is 17.9. The van der Waals surface area contributed by atoms with Gasteiger partial charge in [0.1, 0.15) is 17.8 Å². The summed E-state index contributed by atoms with van der Waals surface area (Å²) in [4.78, 5) is 57.4. The Morgan fingerprint density at radius 2 is 1.53 bits per heavy atom. The van der Waals surface area contributed by atoms with Crippen LogP contribution in [0.3, 0.4) is 0 Å². The Hall–Kier alpha value is -3.97. The number of phenolic OH excluding ortho intramolecular Hbond substituents is 1. The number of aromatic nitrogens is 2. The fourth-order valence-corrected chi connectivity index (χ4v) is 3.71. The highest BCUT2D eigenvalue weighted by atomic mass is 16.4. The van der Waals surface area contributed by atoms with Gasteiger partial charge in [-0.1, -0.05) is 26.0 Å². The van der Waals surface area contributed by atoms with Crippen LogP contribution in [0, 0.1) is 5.92 Å². The van der Waals surface area contributed by atoms with E-state index in [1.807, 2.05) is 13.8 Å². The molecule has 0 spiro atoms. The van der Waals surface area contributed by atoms with Crippen LogP contribution >= 0.6 is 0 Å². The van der Waals surface area contributed by atoms with Crippen molar-refractivity contribution in [1.29, 1.82) is 0 Å². The summed E-state index contributed by atoms with van der Waals surface area (Å²) in [5.41, 5.74) is 7.10. The van der Waals surface area contributed by atoms with Crippen molar-refractivity contribution in [3.63, 3.8) is 0 Å². The number of aliphatic hydroxyl groups is 1. The van der Waals surface area contributed by atoms with E-state index in [0.717, 1.165) is 0 Å². The molecule has 1 aromatic heterocycles. The molecule has 208 valence electrons. The summed E-state index contributed by atoms with van der Waals surface area (Å²) in [7, 11) is 0. The molecule has 2 aromatic rings. The van der Waals surface area contributed by atoms with E-state index in [9.17, 15) is 34.5 Å². The highest BCUT2D eigenvalue weighted by Gasteiger charge is 2.32. The molecule has 0 aliphatic carbocycles. The van der Waals surface area contributed by atoms with Crippen LogP contribution in [0.1, 0.15) is 38.4 Å². The van der Waals surface area contributed by atoms with Crippen LogP contribution < -0.4 is 21.7 Å². The van der Waals surface area contributed by atoms with Gasteiger partial charge in [0.25, 0.3) is 0 Å². The summed E-state index contributed by atoms with van der Waals surface area (Å²) in [5, 5.41) is 36.1. The van der Waals surface area contributed by atoms with Gasteiger partial charge in [0.15, 0.2) is 6.04 Å². The number of aliphatic carboxylic acids is 1. The number of carboxylic acids is 1. The molecule has 0 fully saturated rings. The Balaban J connectivity index is 2.29. The van der Waals surface area contributed by atoms with Crippen LogP contribution in [-0.4, -0.2) is 79.2 Å². The smallest absolute Gasteiger partial charge is 0.328 e. The number of nitrogens with zero attached hydrogens (tertiary/aromatic N) is 1. The lowest BCUT2D eigenvalue weighted by Crippen LogP contribution is -2.59. The quantitative estimate of drug-likeness (QED) is 0.152. The second kappa shape index (κ2) is 14.1. The van der Waals surface area contributed by atoms with Gasteiger partial charge in [-0.05, 0) is 37.0 Å². The number of aromatic amines is 1. The van der Waals surface area contributed by atoms with E-state index in [0.29, 0.717) is 17.7 Å². The van der Waals surface area contributed by atoms with Crippen LogP contribution in [0.25, 0.3) is 0 Å². The number of phenols is 1. The third-order valence-electron chi connectivity index (χ3n) is 5.73. The fourth-order valence-electron chi connectivity index (χ4n) is 3.71. The number of amides is 3. The maximum atomic E-state index is 13.4. The van der Waals surface area contributed by atoms with E-state index in [1.54, 1.807) is 12.1 Å². The van der Waals surface area contributed by atoms with Crippen molar-refractivity contribution in [1.82, 2.24) is 25.9 Å². The minimum absolute atomic E-state index is 0.0239. The van der Waals surface area contributed by atoms with E-state index in [4.69, 9.17) is 5.73 Å². The number of benzene rings is 1. The van der Waals surface area contributed by atoms with Crippen molar-refractivity contribution < 1.29 is 34.5 Å². The van der Waals surface area contributed by atoms with Gasteiger partial charge in [-0.25, -0.2) is 9.78 Å². The Kier molecular flexibility index (Phi) is 11.2. The maximum absolute atomic E-state index is 13.4. The number of carbonyl (C=O) groups is 4. The molecule has 9 N–H and O–H groups in total. The summed E-state index contributed by atoms with van der Waals surface area (Å²) in [5.74, 6) is -3.40. The van der Waals surface area contributed by atoms with Crippen molar-refractivity contribution in [2.75, 3.05) is 0 Å². The van der Waals surface area contributed by atoms with E-state index in [-0.39, 0.29) is 24.5 Å². The van der Waals surface area contributed by atoms with Crippen molar-refractivity contribution >= 4 is 23.7 Å². The summed E-state index contributed by atoms with van der Waals surface area (Å²) in [6.07, 6.45) is 1.76. The Labute approximate surface area is 220 Å². The lowest BCUT2D eigenvalue weighted by molar-refractivity contribution is -0.145. The molecular weight excluding hydrogens is 496 g/mol. The Morgan fingerprint density at radius 3 is 2.05 bits per heavy atom. The zero-order valence-electron chi connectivity index (χ0n) is 21.5. The second-order valence-electron chi connectivity index (χ2n) is 9.58. The van der Waals surface area contributed by atoms with Gasteiger partial charge < -0.3 is 42.0 Å². The van der Waals surface area contributed by atoms with Gasteiger partial charge >= 0.3 is 5.97 Å². The number of nitrogens with two attached hydrogens (primary N) is 1. The number of H-pyrrole nitrogens is 1. The highest BCUT2D eigenvalue weighted by Crippen LogP contribution is 2.13. The predicted octanol–water partition coefficient (Wildman–Crippen LogP) is -0.806. The van der Waals surface area contributed by atoms with E-state index in [2.05, 4.69) is 25.9 Å². The molecule has 1 heterocycles. The lowest BCUT2D eigenvalue weighted by Gasteiger charge is -2.26. The molecule has 5 atom stereocenters. The number of imidazole rings is 1. The SMILES string of the molecule is CC(C)CC(N)C(=O)NC(Cc1ccc(O)cc1)C(=O)NC(Cc1cnc[nH]1)C(=O)NC(C(=O)O)C(C)O. The third kappa shape index (κ3) is 9.48. The van der Waals surface area contributed by atoms with Crippen LogP contribution in [-0.2, 0) is 32.0 Å². The first-order valence-electron chi connectivity index (χ1n) is 12.2. The average molecular weight is 533 g/mol. The van der Waals surface area contributed by atoms with Crippen molar-refractivity contribution in [2.24, 2.45) is 11.7 Å². The van der Waals surface area contributed by atoms with E-state index < -0.39 is 54.0 Å². The van der Waals surface area contributed by atoms with Crippen LogP contribution in [0.4, 0.5) is 0 Å². The van der Waals surface area contributed by atoms with Gasteiger partial charge in [-0.2, -0.15) is 0 Å². The molecule has 13 heteroatoms. The van der Waals surface area contributed by atoms with Crippen molar-refractivity contribution in [3.05, 3.63) is 48.0 Å². The molecule has 0 saturated carbocycles. The van der Waals surface area contributed by atoms with E-state index in [1.165, 1.54) is 31.6 Å². The topological polar surface area (TPSA) is 220 Å². The monoisotopic (exact) mass is 532 g/mol. The zero-order chi connectivity index (χ0) is 28.4. The normalized spacial score (nSPS) is 15.1. The fraction of sp³-hybridized carbons (Fsp3) is 0.480. The van der Waals surface area contributed by atoms with Crippen LogP contribution in [0.5, 0.6) is 5.75 Å². The molecule has 2 rings (SSSR count). The number of hydrogen-bond donors (Lipinski definition) is 8. The molecule has 0 aliphatic heterocycles. The molecule has 0 saturated heterocycles. The maximum Gasteiger partial charge on any atom is 0.328 e. The summed E-state index contributed by atoms with van der Waals surface area (Å²) in [6.45, 7) is 5.03. The van der Waals surface area contributed by atoms with Crippen LogP contribution in [0.2, 0.25) is 0 Å². The van der Waals surface area contributed by atoms with Gasteiger partial charge in [0.2, 0.25) is 17.7 Å². The lowest BCUT2D eigenvalue weighted by atomic mass is 10.0. The molecular formula is C25H36N6O7. The van der Waals surface area contributed by atoms with Crippen LogP contribution in [0.15, 0.2) is 36.8 Å². The second-order valence-corrected chi connectivity index (χ2v) is 9.58. The number of aliphatic hydroxyl groups excluding tert-OH is 1. The molecule has 0 aliphatic rings. The zero-order valence-corrected chi connectivity index (χ0v) is 21.5. The predicted molar refractivity (Wildman–Crippen MR) is 137 cm³/mol. The first-order valence-corrected chi connectivity index (χ1v) is 12.2. The number of hydrogen-bond acceptors (Lipinski definition) is 8. The number of nitrogens with one attached hydrogen (secondary N) is 4. The first kappa shape index (κ1) is 30.3. The van der Waals surface area contributed by atoms with Gasteiger partial charge in [-0.3, -0.25) is 14.4 Å². The highest BCUT2D eigenvalue weighted by molar-refractivity contribution is 5.94. The molecule has 3 amide bonds. The number of rotatable bonds is 14. The number of aromatic hydroxyl groups is 1. The largest absolute Gasteiger partial charge is 0.508 e. The average Bonchev–Trinajstić information content (AvgIpc) is 3.35. The van der Waals surface area contributed by atoms with Gasteiger partial charge in [-0.15, -0.1) is 0 Å². The summed E-state index contributed by atoms with van der Waals surface area (Å²) < 4.78 is 0. The minimum atomic E-state index is -1.61. The van der Waals surface area contributed by atoms with E-state index >= 15 is 0 Å². The molecule has 0 bridgehead atoms. The summed E-state index contributed by atoms with van der Waals surface area (Å²) >= 11 is 0. The minimum Gasteiger partial charge on any atom is -0.508 e. The van der Waals surface area contributed by atoms with Gasteiger partial charge in [0.05, 0.1) is 18.5 Å². The molecule has 13 nitrogen and oxygen atoms in total. The standard InChI is InChI=1S/C25H36N6O7/c1-13(2)8-18(26)22(34)29-19(9-15-4-6-17(33)7-5-15)23(35)30-20(10-16-11-27-12-28-16)24(36)31-21(14(3)32)25(37)38/h4-7,11-14,18-21,32-33H,8-10,26H2,1-3H3,(H,27,28)(H,29,34)(H,30,35)(H,31,36)(H,37,38). The summed E-state index contributed by atoms with van der Waals surface area (Å²) in [6, 6.07) is 1.17. The third-order valence-corrected chi connectivity index (χ3v) is 5.73.